The molecule has 1 aromatic heterocycles. The lowest BCUT2D eigenvalue weighted by Gasteiger charge is -2.11. The van der Waals surface area contributed by atoms with Gasteiger partial charge in [0.15, 0.2) is 0 Å². The summed E-state index contributed by atoms with van der Waals surface area (Å²) in [5, 5.41) is 6.43. The SMILES string of the molecule is O=C(NCCc1cnn(-c2ccccc2)c1)c1ccc(Cl)c(C(F)(F)F)c1. The number of nitrogens with zero attached hydrogens (tertiary/aromatic N) is 2. The van der Waals surface area contributed by atoms with Gasteiger partial charge in [0.1, 0.15) is 0 Å². The van der Waals surface area contributed by atoms with E-state index in [0.29, 0.717) is 6.42 Å². The lowest BCUT2D eigenvalue weighted by Crippen LogP contribution is -2.26. The molecule has 3 rings (SSSR count). The summed E-state index contributed by atoms with van der Waals surface area (Å²) < 4.78 is 40.4. The molecule has 0 aliphatic carbocycles. The van der Waals surface area contributed by atoms with Crippen molar-refractivity contribution in [2.45, 2.75) is 12.6 Å². The van der Waals surface area contributed by atoms with Gasteiger partial charge in [0.05, 0.1) is 22.5 Å². The van der Waals surface area contributed by atoms with E-state index >= 15 is 0 Å². The summed E-state index contributed by atoms with van der Waals surface area (Å²) >= 11 is 5.56. The van der Waals surface area contributed by atoms with Crippen LogP contribution in [-0.4, -0.2) is 22.2 Å². The summed E-state index contributed by atoms with van der Waals surface area (Å²) in [5.41, 5.74) is 0.688. The normalized spacial score (nSPS) is 11.4. The summed E-state index contributed by atoms with van der Waals surface area (Å²) in [6.45, 7) is 0.267. The van der Waals surface area contributed by atoms with E-state index in [1.807, 2.05) is 36.5 Å². The maximum absolute atomic E-state index is 12.9. The van der Waals surface area contributed by atoms with Crippen LogP contribution in [-0.2, 0) is 12.6 Å². The fraction of sp³-hybridized carbons (Fsp3) is 0.158. The van der Waals surface area contributed by atoms with Gasteiger partial charge in [0, 0.05) is 18.3 Å². The predicted octanol–water partition coefficient (Wildman–Crippen LogP) is 4.52. The van der Waals surface area contributed by atoms with Crippen molar-refractivity contribution in [2.75, 3.05) is 6.54 Å². The molecule has 3 aromatic rings. The Labute approximate surface area is 158 Å². The molecule has 0 bridgehead atoms. The molecule has 0 spiro atoms. The number of halogens is 4. The van der Waals surface area contributed by atoms with Gasteiger partial charge in [0.25, 0.3) is 5.91 Å². The van der Waals surface area contributed by atoms with Crippen LogP contribution in [0.5, 0.6) is 0 Å². The molecule has 0 unspecified atom stereocenters. The lowest BCUT2D eigenvalue weighted by atomic mass is 10.1. The smallest absolute Gasteiger partial charge is 0.352 e. The number of alkyl halides is 3. The minimum atomic E-state index is -4.61. The number of aromatic nitrogens is 2. The van der Waals surface area contributed by atoms with Crippen molar-refractivity contribution in [3.05, 3.63) is 82.6 Å². The van der Waals surface area contributed by atoms with Crippen LogP contribution in [0.2, 0.25) is 5.02 Å². The van der Waals surface area contributed by atoms with Crippen molar-refractivity contribution < 1.29 is 18.0 Å². The minimum absolute atomic E-state index is 0.0910. The van der Waals surface area contributed by atoms with Gasteiger partial charge in [0.2, 0.25) is 0 Å². The second-order valence-electron chi connectivity index (χ2n) is 5.83. The van der Waals surface area contributed by atoms with E-state index in [9.17, 15) is 18.0 Å². The van der Waals surface area contributed by atoms with Crippen molar-refractivity contribution in [1.29, 1.82) is 0 Å². The molecule has 140 valence electrons. The highest BCUT2D eigenvalue weighted by Gasteiger charge is 2.33. The van der Waals surface area contributed by atoms with Gasteiger partial charge >= 0.3 is 6.18 Å². The van der Waals surface area contributed by atoms with E-state index in [-0.39, 0.29) is 12.1 Å². The number of benzene rings is 2. The number of carbonyl (C=O) groups is 1. The number of hydrogen-bond donors (Lipinski definition) is 1. The number of hydrogen-bond acceptors (Lipinski definition) is 2. The Hall–Kier alpha value is -2.80. The summed E-state index contributed by atoms with van der Waals surface area (Å²) in [6.07, 6.45) is -0.591. The number of carbonyl (C=O) groups excluding carboxylic acids is 1. The summed E-state index contributed by atoms with van der Waals surface area (Å²) in [5.74, 6) is -0.590. The molecule has 0 fully saturated rings. The van der Waals surface area contributed by atoms with Crippen molar-refractivity contribution in [3.8, 4) is 5.69 Å². The topological polar surface area (TPSA) is 46.9 Å². The number of para-hydroxylation sites is 1. The van der Waals surface area contributed by atoms with Gasteiger partial charge < -0.3 is 5.32 Å². The van der Waals surface area contributed by atoms with Gasteiger partial charge in [-0.15, -0.1) is 0 Å². The van der Waals surface area contributed by atoms with E-state index < -0.39 is 22.7 Å². The van der Waals surface area contributed by atoms with E-state index in [2.05, 4.69) is 10.4 Å². The molecular formula is C19H15ClF3N3O. The monoisotopic (exact) mass is 393 g/mol. The molecule has 1 heterocycles. The first-order valence-corrected chi connectivity index (χ1v) is 8.46. The zero-order valence-electron chi connectivity index (χ0n) is 14.0. The summed E-state index contributed by atoms with van der Waals surface area (Å²) in [4.78, 5) is 12.1. The Balaban J connectivity index is 1.60. The standard InChI is InChI=1S/C19H15ClF3N3O/c20-17-7-6-14(10-16(17)19(21,22)23)18(27)24-9-8-13-11-25-26(12-13)15-4-2-1-3-5-15/h1-7,10-12H,8-9H2,(H,24,27). The minimum Gasteiger partial charge on any atom is -0.352 e. The quantitative estimate of drug-likeness (QED) is 0.693. The first-order valence-electron chi connectivity index (χ1n) is 8.08. The molecule has 4 nitrogen and oxygen atoms in total. The lowest BCUT2D eigenvalue weighted by molar-refractivity contribution is -0.137. The second kappa shape index (κ2) is 7.84. The van der Waals surface area contributed by atoms with Gasteiger partial charge in [-0.3, -0.25) is 4.79 Å². The van der Waals surface area contributed by atoms with Crippen molar-refractivity contribution in [2.24, 2.45) is 0 Å². The third kappa shape index (κ3) is 4.68. The molecule has 1 N–H and O–H groups in total. The van der Waals surface area contributed by atoms with Crippen LogP contribution < -0.4 is 5.32 Å². The van der Waals surface area contributed by atoms with Crippen LogP contribution in [0.3, 0.4) is 0 Å². The predicted molar refractivity (Wildman–Crippen MR) is 96.1 cm³/mol. The number of amides is 1. The fourth-order valence-corrected chi connectivity index (χ4v) is 2.74. The molecule has 0 aliphatic heterocycles. The Morgan fingerprint density at radius 2 is 1.89 bits per heavy atom. The average molecular weight is 394 g/mol. The first-order chi connectivity index (χ1) is 12.8. The van der Waals surface area contributed by atoms with Crippen LogP contribution in [0.15, 0.2) is 60.9 Å². The molecular weight excluding hydrogens is 379 g/mol. The van der Waals surface area contributed by atoms with Crippen LogP contribution in [0.25, 0.3) is 5.69 Å². The molecule has 0 atom stereocenters. The molecule has 8 heteroatoms. The Bertz CT molecular complexity index is 939. The highest BCUT2D eigenvalue weighted by molar-refractivity contribution is 6.31. The fourth-order valence-electron chi connectivity index (χ4n) is 2.52. The second-order valence-corrected chi connectivity index (χ2v) is 6.23. The zero-order chi connectivity index (χ0) is 19.4. The molecule has 0 saturated heterocycles. The Kier molecular flexibility index (Phi) is 5.51. The van der Waals surface area contributed by atoms with Gasteiger partial charge in [-0.1, -0.05) is 29.8 Å². The molecule has 1 amide bonds. The Morgan fingerprint density at radius 3 is 2.59 bits per heavy atom. The first kappa shape index (κ1) is 19.0. The highest BCUT2D eigenvalue weighted by atomic mass is 35.5. The van der Waals surface area contributed by atoms with E-state index in [0.717, 1.165) is 23.4 Å². The number of nitrogens with one attached hydrogen (secondary N) is 1. The van der Waals surface area contributed by atoms with Crippen LogP contribution in [0.1, 0.15) is 21.5 Å². The molecule has 0 radical (unpaired) electrons. The summed E-state index contributed by atoms with van der Waals surface area (Å²) in [7, 11) is 0. The van der Waals surface area contributed by atoms with Crippen LogP contribution in [0, 0.1) is 0 Å². The molecule has 2 aromatic carbocycles. The zero-order valence-corrected chi connectivity index (χ0v) is 14.8. The van der Waals surface area contributed by atoms with Crippen molar-refractivity contribution in [1.82, 2.24) is 15.1 Å². The third-order valence-corrected chi connectivity index (χ3v) is 4.22. The van der Waals surface area contributed by atoms with Gasteiger partial charge in [-0.05, 0) is 42.3 Å². The van der Waals surface area contributed by atoms with Crippen molar-refractivity contribution in [3.63, 3.8) is 0 Å². The maximum atomic E-state index is 12.9. The van der Waals surface area contributed by atoms with E-state index in [1.54, 1.807) is 10.9 Å². The molecule has 0 saturated carbocycles. The van der Waals surface area contributed by atoms with Crippen LogP contribution >= 0.6 is 11.6 Å². The van der Waals surface area contributed by atoms with E-state index in [4.69, 9.17) is 11.6 Å². The third-order valence-electron chi connectivity index (χ3n) is 3.89. The van der Waals surface area contributed by atoms with Crippen molar-refractivity contribution >= 4 is 17.5 Å². The van der Waals surface area contributed by atoms with Gasteiger partial charge in [-0.25, -0.2) is 4.68 Å². The Morgan fingerprint density at radius 1 is 1.15 bits per heavy atom. The molecule has 27 heavy (non-hydrogen) atoms. The number of rotatable bonds is 5. The summed E-state index contributed by atoms with van der Waals surface area (Å²) in [6, 6.07) is 12.6. The molecule has 0 aliphatic rings. The van der Waals surface area contributed by atoms with Gasteiger partial charge in [-0.2, -0.15) is 18.3 Å². The van der Waals surface area contributed by atoms with E-state index in [1.165, 1.54) is 6.07 Å². The maximum Gasteiger partial charge on any atom is 0.417 e. The van der Waals surface area contributed by atoms with Crippen LogP contribution in [0.4, 0.5) is 13.2 Å². The highest BCUT2D eigenvalue weighted by Crippen LogP contribution is 2.35. The average Bonchev–Trinajstić information content (AvgIpc) is 3.10. The largest absolute Gasteiger partial charge is 0.417 e.